The molecule has 1 aromatic heterocycles. The molecule has 0 spiro atoms. The zero-order chi connectivity index (χ0) is 51.3. The van der Waals surface area contributed by atoms with Gasteiger partial charge in [-0.25, -0.2) is 4.79 Å². The third kappa shape index (κ3) is 15.4. The second-order valence-electron chi connectivity index (χ2n) is 16.8. The number of H-pyrrole nitrogens is 1. The van der Waals surface area contributed by atoms with Gasteiger partial charge in [-0.15, -0.1) is 11.8 Å². The summed E-state index contributed by atoms with van der Waals surface area (Å²) in [6, 6.07) is -2.02. The molecule has 2 aliphatic rings. The van der Waals surface area contributed by atoms with Crippen LogP contribution < -0.4 is 43.4 Å². The highest BCUT2D eigenvalue weighted by Gasteiger charge is 2.45. The maximum atomic E-state index is 14.3. The summed E-state index contributed by atoms with van der Waals surface area (Å²) in [5.74, 6) is -12.4. The molecule has 26 heteroatoms. The summed E-state index contributed by atoms with van der Waals surface area (Å²) in [5, 5.41) is 36.7. The zero-order valence-corrected chi connectivity index (χ0v) is 39.5. The first-order chi connectivity index (χ1) is 32.5. The molecule has 4 rings (SSSR count). The molecule has 25 nitrogen and oxygen atoms in total. The minimum atomic E-state index is -1.82. The monoisotopic (exact) mass is 988 g/mol. The summed E-state index contributed by atoms with van der Waals surface area (Å²) in [5.41, 5.74) is 13.1. The Balaban J connectivity index is 1.65. The number of ether oxygens (including phenoxy) is 2. The minimum absolute atomic E-state index is 0.0558. The van der Waals surface area contributed by atoms with Crippen molar-refractivity contribution in [1.29, 1.82) is 0 Å². The van der Waals surface area contributed by atoms with Crippen LogP contribution in [0.3, 0.4) is 0 Å². The number of likely N-dealkylation sites (tertiary alicyclic amines) is 1. The number of esters is 2. The summed E-state index contributed by atoms with van der Waals surface area (Å²) in [4.78, 5) is 148. The van der Waals surface area contributed by atoms with Crippen molar-refractivity contribution in [1.82, 2.24) is 41.8 Å². The number of aliphatic hydroxyl groups excluding tert-OH is 1. The third-order valence-corrected chi connectivity index (χ3v) is 12.7. The summed E-state index contributed by atoms with van der Waals surface area (Å²) in [7, 11) is 0. The van der Waals surface area contributed by atoms with Crippen LogP contribution in [0.1, 0.15) is 59.4 Å². The number of aliphatic hydroxyl groups is 1. The van der Waals surface area contributed by atoms with Gasteiger partial charge < -0.3 is 72.9 Å². The molecule has 13 N–H and O–H groups in total. The van der Waals surface area contributed by atoms with E-state index in [0.29, 0.717) is 27.9 Å². The quantitative estimate of drug-likeness (QED) is 0.0769. The number of aromatic amines is 1. The van der Waals surface area contributed by atoms with Gasteiger partial charge in [0.1, 0.15) is 42.9 Å². The first-order valence-electron chi connectivity index (χ1n) is 22.0. The van der Waals surface area contributed by atoms with E-state index in [1.807, 2.05) is 0 Å². The van der Waals surface area contributed by atoms with Crippen LogP contribution in [-0.2, 0) is 68.6 Å². The number of para-hydroxylation sites is 1. The van der Waals surface area contributed by atoms with Crippen LogP contribution in [0.15, 0.2) is 29.3 Å². The van der Waals surface area contributed by atoms with Crippen LogP contribution in [0.2, 0.25) is 0 Å². The maximum absolute atomic E-state index is 14.3. The van der Waals surface area contributed by atoms with Gasteiger partial charge in [0, 0.05) is 49.4 Å². The molecule has 10 atom stereocenters. The maximum Gasteiger partial charge on any atom is 0.326 e. The van der Waals surface area contributed by atoms with Crippen LogP contribution in [-0.4, -0.2) is 166 Å². The number of β-amino-alcohol motifs (C(OH)–C–C–N with tert-alkyl or cyclic N) is 1. The predicted octanol–water partition coefficient (Wildman–Crippen LogP) is -3.59. The van der Waals surface area contributed by atoms with Crippen molar-refractivity contribution < 1.29 is 72.4 Å². The van der Waals surface area contributed by atoms with Gasteiger partial charge in [0.05, 0.1) is 36.7 Å². The van der Waals surface area contributed by atoms with Crippen molar-refractivity contribution in [3.63, 3.8) is 0 Å². The largest absolute Gasteiger partial charge is 0.480 e. The van der Waals surface area contributed by atoms with Gasteiger partial charge in [-0.3, -0.25) is 47.9 Å². The molecule has 0 aliphatic carbocycles. The molecule has 0 saturated carbocycles. The number of hydrogen-bond donors (Lipinski definition) is 11. The van der Waals surface area contributed by atoms with Gasteiger partial charge in [-0.05, 0) is 24.0 Å². The predicted molar refractivity (Wildman–Crippen MR) is 243 cm³/mol. The first-order valence-corrected chi connectivity index (χ1v) is 23.0. The number of carbonyl (C=O) groups excluding carboxylic acids is 10. The number of nitrogens with one attached hydrogen (secondary N) is 7. The number of primary amides is 1. The van der Waals surface area contributed by atoms with E-state index in [4.69, 9.17) is 20.9 Å². The second kappa shape index (κ2) is 25.0. The number of carbonyl (C=O) groups is 11. The van der Waals surface area contributed by atoms with E-state index in [-0.39, 0.29) is 12.2 Å². The molecule has 2 aliphatic heterocycles. The third-order valence-electron chi connectivity index (χ3n) is 11.6. The normalized spacial score (nSPS) is 22.8. The Labute approximate surface area is 400 Å². The van der Waals surface area contributed by atoms with Crippen LogP contribution in [0.25, 0.3) is 10.9 Å². The number of nitrogens with two attached hydrogens (primary N) is 2. The second-order valence-corrected chi connectivity index (χ2v) is 17.9. The number of rotatable bonds is 15. The Hall–Kier alpha value is -6.80. The Morgan fingerprint density at radius 3 is 2.20 bits per heavy atom. The molecule has 8 amide bonds. The smallest absolute Gasteiger partial charge is 0.326 e. The topological polar surface area (TPSA) is 390 Å². The fourth-order valence-corrected chi connectivity index (χ4v) is 8.80. The van der Waals surface area contributed by atoms with E-state index in [1.54, 1.807) is 38.1 Å². The zero-order valence-electron chi connectivity index (χ0n) is 38.7. The van der Waals surface area contributed by atoms with Gasteiger partial charge >= 0.3 is 17.9 Å². The van der Waals surface area contributed by atoms with Gasteiger partial charge in [0.25, 0.3) is 0 Å². The molecule has 1 aromatic carbocycles. The number of aromatic nitrogens is 1. The molecule has 1 saturated heterocycles. The number of carboxylic acids is 1. The summed E-state index contributed by atoms with van der Waals surface area (Å²) < 4.78 is 10.1. The lowest BCUT2D eigenvalue weighted by Gasteiger charge is -2.32. The molecule has 3 heterocycles. The number of aliphatic carboxylic acids is 1. The highest BCUT2D eigenvalue weighted by molar-refractivity contribution is 7.99. The Kier molecular flexibility index (Phi) is 19.9. The van der Waals surface area contributed by atoms with E-state index in [9.17, 15) is 63.0 Å². The van der Waals surface area contributed by atoms with Crippen molar-refractivity contribution in [2.45, 2.75) is 114 Å². The lowest BCUT2D eigenvalue weighted by Crippen LogP contribution is -2.60. The van der Waals surface area contributed by atoms with Crippen molar-refractivity contribution in [2.75, 3.05) is 32.0 Å². The number of hydrogen-bond acceptors (Lipinski definition) is 16. The number of thioether (sulfide) groups is 1. The van der Waals surface area contributed by atoms with Crippen molar-refractivity contribution in [3.05, 3.63) is 29.8 Å². The van der Waals surface area contributed by atoms with E-state index < -0.39 is 165 Å². The van der Waals surface area contributed by atoms with Crippen LogP contribution in [0.5, 0.6) is 0 Å². The average Bonchev–Trinajstić information content (AvgIpc) is 3.86. The summed E-state index contributed by atoms with van der Waals surface area (Å²) in [6.45, 7) is 4.63. The standard InChI is InChI=1S/C43H60N10O15S/c1-6-19(2)35-40(63)47-14-33(58)48-29(18-69-41-25(24-9-7-8-10-27(24)50-41)12-26(44)37(60)46-15-34(59)51-35)38(61)49-28(13-32(45)57)42(64)53-16-23(56)11-30(53)39(62)52-36(43(65)66)20(3)31(68-22(5)55)17-67-21(4)54/h7-10,19-20,23,26,28-31,35-36,50,56H,6,11-18,44H2,1-5H3,(H2,45,57)(H,46,60)(H,47,63)(H,48,58)(H,49,61)(H,51,59)(H,52,62)(H,65,66)/t19-,20-,23?,26?,28?,29?,30-,31-,35-,36-/m0/s1. The van der Waals surface area contributed by atoms with Gasteiger partial charge in [0.2, 0.25) is 47.3 Å². The number of fused-ring (bicyclic) bond motifs is 3. The van der Waals surface area contributed by atoms with Crippen LogP contribution in [0, 0.1) is 11.8 Å². The van der Waals surface area contributed by atoms with Crippen LogP contribution in [0.4, 0.5) is 0 Å². The summed E-state index contributed by atoms with van der Waals surface area (Å²) in [6.07, 6.45) is -3.58. The molecule has 0 bridgehead atoms. The van der Waals surface area contributed by atoms with Crippen molar-refractivity contribution >= 4 is 87.8 Å². The highest BCUT2D eigenvalue weighted by Crippen LogP contribution is 2.31. The fraction of sp³-hybridized carbons (Fsp3) is 0.558. The van der Waals surface area contributed by atoms with E-state index in [2.05, 4.69) is 36.9 Å². The van der Waals surface area contributed by atoms with Gasteiger partial charge in [0.15, 0.2) is 0 Å². The number of nitrogens with zero attached hydrogens (tertiary/aromatic N) is 1. The lowest BCUT2D eigenvalue weighted by molar-refractivity contribution is -0.162. The average molecular weight is 989 g/mol. The molecule has 378 valence electrons. The highest BCUT2D eigenvalue weighted by atomic mass is 32.2. The molecule has 4 unspecified atom stereocenters. The molecule has 1 fully saturated rings. The van der Waals surface area contributed by atoms with Crippen molar-refractivity contribution in [2.24, 2.45) is 23.3 Å². The first kappa shape index (κ1) is 54.8. The molecule has 69 heavy (non-hydrogen) atoms. The number of benzene rings is 1. The SMILES string of the molecule is CC[C@H](C)[C@@H]1NC(=O)CNC(=O)C(N)Cc2c([nH]c3ccccc23)SCC(C(=O)NC(CC(N)=O)C(=O)N2CC(O)C[C@H]2C(=O)N[C@H](C(=O)O)[C@@H](C)[C@H](COC(C)=O)OC(C)=O)NC(=O)CNC1=O. The Morgan fingerprint density at radius 2 is 1.58 bits per heavy atom. The number of amides is 8. The van der Waals surface area contributed by atoms with E-state index >= 15 is 0 Å². The van der Waals surface area contributed by atoms with Gasteiger partial charge in [-0.2, -0.15) is 0 Å². The van der Waals surface area contributed by atoms with Gasteiger partial charge in [-0.1, -0.05) is 45.4 Å². The Bertz CT molecular complexity index is 2290. The molecular formula is C43H60N10O15S. The minimum Gasteiger partial charge on any atom is -0.480 e. The number of carboxylic acid groups (broad SMARTS) is 1. The Morgan fingerprint density at radius 1 is 0.928 bits per heavy atom. The van der Waals surface area contributed by atoms with Crippen molar-refractivity contribution in [3.8, 4) is 0 Å². The molecule has 2 aromatic rings. The molecule has 0 radical (unpaired) electrons. The summed E-state index contributed by atoms with van der Waals surface area (Å²) >= 11 is 1.02. The fourth-order valence-electron chi connectivity index (χ4n) is 7.68. The van der Waals surface area contributed by atoms with E-state index in [0.717, 1.165) is 30.5 Å². The lowest BCUT2D eigenvalue weighted by atomic mass is 9.95. The van der Waals surface area contributed by atoms with Crippen LogP contribution >= 0.6 is 11.8 Å². The van der Waals surface area contributed by atoms with E-state index in [1.165, 1.54) is 6.92 Å². The molecular weight excluding hydrogens is 929 g/mol.